The number of hydrogen-bond acceptors (Lipinski definition) is 5. The molecule has 0 aliphatic carbocycles. The van der Waals surface area contributed by atoms with Gasteiger partial charge in [0.25, 0.3) is 0 Å². The van der Waals surface area contributed by atoms with Crippen LogP contribution in [0.2, 0.25) is 5.15 Å². The van der Waals surface area contributed by atoms with Crippen LogP contribution in [0.3, 0.4) is 0 Å². The van der Waals surface area contributed by atoms with E-state index in [0.717, 1.165) is 57.6 Å². The first-order chi connectivity index (χ1) is 24.7. The predicted octanol–water partition coefficient (Wildman–Crippen LogP) is 9.25. The third kappa shape index (κ3) is 5.55. The Kier molecular flexibility index (Phi) is 8.49. The number of rotatable bonds is 10. The molecule has 244 valence electrons. The first-order valence-corrected chi connectivity index (χ1v) is 17.2. The zero-order valence-corrected chi connectivity index (χ0v) is 28.3. The molecule has 0 spiro atoms. The number of tetrazole rings is 1. The highest BCUT2D eigenvalue weighted by Gasteiger charge is 2.42. The summed E-state index contributed by atoms with van der Waals surface area (Å²) in [5, 5.41) is 14.3. The Morgan fingerprint density at radius 1 is 0.620 bits per heavy atom. The van der Waals surface area contributed by atoms with Crippen LogP contribution in [-0.4, -0.2) is 34.7 Å². The van der Waals surface area contributed by atoms with Crippen molar-refractivity contribution in [2.24, 2.45) is 0 Å². The summed E-state index contributed by atoms with van der Waals surface area (Å²) in [5.74, 6) is 1.68. The zero-order chi connectivity index (χ0) is 33.9. The molecule has 3 aromatic heterocycles. The van der Waals surface area contributed by atoms with E-state index in [1.165, 1.54) is 5.56 Å². The van der Waals surface area contributed by atoms with Crippen LogP contribution in [0.15, 0.2) is 152 Å². The van der Waals surface area contributed by atoms with Crippen molar-refractivity contribution in [3.05, 3.63) is 185 Å². The molecular weight excluding hydrogens is 638 g/mol. The van der Waals surface area contributed by atoms with Gasteiger partial charge in [0.15, 0.2) is 11.5 Å². The number of benzene rings is 5. The Labute approximate surface area is 295 Å². The van der Waals surface area contributed by atoms with Crippen LogP contribution in [0.4, 0.5) is 0 Å². The molecule has 0 aliphatic heterocycles. The predicted molar refractivity (Wildman–Crippen MR) is 199 cm³/mol. The molecule has 0 amide bonds. The van der Waals surface area contributed by atoms with Gasteiger partial charge in [-0.3, -0.25) is 0 Å². The van der Waals surface area contributed by atoms with Gasteiger partial charge in [-0.05, 0) is 62.4 Å². The first kappa shape index (κ1) is 31.4. The van der Waals surface area contributed by atoms with Gasteiger partial charge in [-0.2, -0.15) is 0 Å². The number of halogens is 1. The van der Waals surface area contributed by atoms with Crippen molar-refractivity contribution in [1.82, 2.24) is 34.7 Å². The van der Waals surface area contributed by atoms with E-state index in [2.05, 4.69) is 137 Å². The summed E-state index contributed by atoms with van der Waals surface area (Å²) in [6.07, 6.45) is 1.86. The molecule has 0 bridgehead atoms. The number of aromatic nitrogens is 7. The summed E-state index contributed by atoms with van der Waals surface area (Å²) in [4.78, 5) is 9.27. The molecule has 7 nitrogen and oxygen atoms in total. The Morgan fingerprint density at radius 2 is 1.20 bits per heavy atom. The molecule has 0 radical (unpaired) electrons. The standard InChI is InChI=1S/C42H34ClN7/c1-2-14-39-45-40-37(27-28-38(43)44-40)49(39)29-30-23-25-31(26-24-30)35-21-12-13-22-36(35)41-46-47-48-50(41)42(32-15-6-3-7-16-32,33-17-8-4-9-18-33)34-19-10-5-11-20-34/h3-13,15-28H,2,14,29H2,1H3. The quantitative estimate of drug-likeness (QED) is 0.107. The van der Waals surface area contributed by atoms with E-state index in [4.69, 9.17) is 26.9 Å². The molecule has 8 aromatic rings. The van der Waals surface area contributed by atoms with E-state index < -0.39 is 5.54 Å². The molecule has 0 aliphatic rings. The van der Waals surface area contributed by atoms with Gasteiger partial charge in [0.1, 0.15) is 16.5 Å². The van der Waals surface area contributed by atoms with Crippen molar-refractivity contribution in [1.29, 1.82) is 0 Å². The maximum atomic E-state index is 6.20. The van der Waals surface area contributed by atoms with Gasteiger partial charge in [-0.15, -0.1) is 5.10 Å². The van der Waals surface area contributed by atoms with Crippen molar-refractivity contribution in [3.63, 3.8) is 0 Å². The number of pyridine rings is 1. The number of hydrogen-bond donors (Lipinski definition) is 0. The highest BCUT2D eigenvalue weighted by atomic mass is 35.5. The van der Waals surface area contributed by atoms with E-state index in [1.54, 1.807) is 0 Å². The summed E-state index contributed by atoms with van der Waals surface area (Å²) in [7, 11) is 0. The maximum absolute atomic E-state index is 6.20. The van der Waals surface area contributed by atoms with E-state index in [0.29, 0.717) is 23.2 Å². The molecule has 5 aromatic carbocycles. The summed E-state index contributed by atoms with van der Waals surface area (Å²) in [6, 6.07) is 52.3. The lowest BCUT2D eigenvalue weighted by Gasteiger charge is -2.36. The molecule has 8 rings (SSSR count). The summed E-state index contributed by atoms with van der Waals surface area (Å²) >= 11 is 6.20. The van der Waals surface area contributed by atoms with Gasteiger partial charge in [0.05, 0.1) is 5.52 Å². The van der Waals surface area contributed by atoms with Crippen molar-refractivity contribution in [3.8, 4) is 22.5 Å². The van der Waals surface area contributed by atoms with Gasteiger partial charge in [-0.25, -0.2) is 14.6 Å². The van der Waals surface area contributed by atoms with Gasteiger partial charge in [0, 0.05) is 18.5 Å². The molecule has 0 saturated carbocycles. The van der Waals surface area contributed by atoms with Crippen LogP contribution in [0.25, 0.3) is 33.7 Å². The maximum Gasteiger partial charge on any atom is 0.184 e. The first-order valence-electron chi connectivity index (χ1n) is 16.8. The van der Waals surface area contributed by atoms with Crippen molar-refractivity contribution >= 4 is 22.8 Å². The minimum atomic E-state index is -0.845. The fourth-order valence-corrected chi connectivity index (χ4v) is 7.15. The Morgan fingerprint density at radius 3 is 1.80 bits per heavy atom. The molecule has 3 heterocycles. The second kappa shape index (κ2) is 13.5. The van der Waals surface area contributed by atoms with Crippen molar-refractivity contribution in [2.45, 2.75) is 31.8 Å². The van der Waals surface area contributed by atoms with Gasteiger partial charge in [-0.1, -0.05) is 158 Å². The average molecular weight is 672 g/mol. The topological polar surface area (TPSA) is 74.3 Å². The van der Waals surface area contributed by atoms with E-state index in [1.807, 2.05) is 41.1 Å². The number of aryl methyl sites for hydroxylation is 1. The van der Waals surface area contributed by atoms with Crippen LogP contribution in [0, 0.1) is 0 Å². The lowest BCUT2D eigenvalue weighted by atomic mass is 9.77. The molecule has 0 N–H and O–H groups in total. The second-order valence-electron chi connectivity index (χ2n) is 12.3. The molecule has 0 saturated heterocycles. The fourth-order valence-electron chi connectivity index (χ4n) is 7.01. The largest absolute Gasteiger partial charge is 0.322 e. The summed E-state index contributed by atoms with van der Waals surface area (Å²) in [6.45, 7) is 2.85. The minimum Gasteiger partial charge on any atom is -0.322 e. The summed E-state index contributed by atoms with van der Waals surface area (Å²) in [5.41, 5.74) is 8.20. The molecule has 8 heteroatoms. The zero-order valence-electron chi connectivity index (χ0n) is 27.6. The van der Waals surface area contributed by atoms with Gasteiger partial charge in [0.2, 0.25) is 0 Å². The van der Waals surface area contributed by atoms with E-state index in [-0.39, 0.29) is 0 Å². The van der Waals surface area contributed by atoms with Crippen LogP contribution < -0.4 is 0 Å². The molecule has 0 unspecified atom stereocenters. The van der Waals surface area contributed by atoms with Crippen LogP contribution in [0.5, 0.6) is 0 Å². The normalized spacial score (nSPS) is 11.6. The smallest absolute Gasteiger partial charge is 0.184 e. The monoisotopic (exact) mass is 671 g/mol. The molecule has 0 atom stereocenters. The van der Waals surface area contributed by atoms with Crippen LogP contribution in [-0.2, 0) is 18.5 Å². The molecular formula is C42H34ClN7. The third-order valence-corrected chi connectivity index (χ3v) is 9.48. The highest BCUT2D eigenvalue weighted by molar-refractivity contribution is 6.29. The number of fused-ring (bicyclic) bond motifs is 1. The third-order valence-electron chi connectivity index (χ3n) is 9.27. The Bertz CT molecular complexity index is 2270. The van der Waals surface area contributed by atoms with Crippen LogP contribution >= 0.6 is 11.6 Å². The van der Waals surface area contributed by atoms with E-state index in [9.17, 15) is 0 Å². The van der Waals surface area contributed by atoms with Gasteiger partial charge >= 0.3 is 0 Å². The van der Waals surface area contributed by atoms with Crippen molar-refractivity contribution < 1.29 is 0 Å². The number of imidazole rings is 1. The summed E-state index contributed by atoms with van der Waals surface area (Å²) < 4.78 is 4.23. The highest BCUT2D eigenvalue weighted by Crippen LogP contribution is 2.43. The molecule has 50 heavy (non-hydrogen) atoms. The Hall–Kier alpha value is -5.92. The van der Waals surface area contributed by atoms with Crippen LogP contribution in [0.1, 0.15) is 41.4 Å². The minimum absolute atomic E-state index is 0.452. The second-order valence-corrected chi connectivity index (χ2v) is 12.7. The lowest BCUT2D eigenvalue weighted by molar-refractivity contribution is 0.451. The van der Waals surface area contributed by atoms with Crippen molar-refractivity contribution in [2.75, 3.05) is 0 Å². The Balaban J connectivity index is 1.24. The SMILES string of the molecule is CCCc1nc2nc(Cl)ccc2n1Cc1ccc(-c2ccccc2-c2nnnn2C(c2ccccc2)(c2ccccc2)c2ccccc2)cc1. The lowest BCUT2D eigenvalue weighted by Crippen LogP contribution is -2.39. The van der Waals surface area contributed by atoms with Gasteiger partial charge < -0.3 is 4.57 Å². The molecule has 0 fully saturated rings. The van der Waals surface area contributed by atoms with E-state index >= 15 is 0 Å². The fraction of sp³-hybridized carbons (Fsp3) is 0.119. The average Bonchev–Trinajstić information content (AvgIpc) is 3.79. The number of nitrogens with zero attached hydrogens (tertiary/aromatic N) is 7.